The van der Waals surface area contributed by atoms with Crippen molar-refractivity contribution in [1.29, 1.82) is 0 Å². The first-order chi connectivity index (χ1) is 22.3. The lowest BCUT2D eigenvalue weighted by atomic mass is 10.0. The summed E-state index contributed by atoms with van der Waals surface area (Å²) in [5.41, 5.74) is 3.53. The predicted molar refractivity (Wildman–Crippen MR) is 190 cm³/mol. The first-order valence-corrected chi connectivity index (χ1v) is 17.7. The summed E-state index contributed by atoms with van der Waals surface area (Å²) in [6.45, 7) is 8.95. The third-order valence-electron chi connectivity index (χ3n) is 7.83. The molecule has 1 N–H and O–H groups in total. The molecule has 47 heavy (non-hydrogen) atoms. The average Bonchev–Trinajstić information content (AvgIpc) is 3.03. The van der Waals surface area contributed by atoms with Gasteiger partial charge in [0.1, 0.15) is 12.6 Å². The molecule has 0 saturated carbocycles. The highest BCUT2D eigenvalue weighted by Gasteiger charge is 2.35. The number of amides is 2. The summed E-state index contributed by atoms with van der Waals surface area (Å²) >= 11 is 13.2. The number of hydrogen-bond donors (Lipinski definition) is 1. The van der Waals surface area contributed by atoms with Gasteiger partial charge in [-0.15, -0.1) is 0 Å². The van der Waals surface area contributed by atoms with E-state index in [-0.39, 0.29) is 35.7 Å². The Balaban J connectivity index is 1.85. The van der Waals surface area contributed by atoms with Crippen molar-refractivity contribution in [3.8, 4) is 0 Å². The van der Waals surface area contributed by atoms with E-state index in [0.717, 1.165) is 21.0 Å². The molecule has 0 fully saturated rings. The lowest BCUT2D eigenvalue weighted by Gasteiger charge is -2.34. The van der Waals surface area contributed by atoms with E-state index >= 15 is 0 Å². The van der Waals surface area contributed by atoms with Gasteiger partial charge >= 0.3 is 0 Å². The van der Waals surface area contributed by atoms with Crippen molar-refractivity contribution in [3.63, 3.8) is 0 Å². The van der Waals surface area contributed by atoms with Crippen molar-refractivity contribution in [2.24, 2.45) is 0 Å². The number of sulfonamides is 1. The molecule has 0 aliphatic carbocycles. The van der Waals surface area contributed by atoms with E-state index in [4.69, 9.17) is 23.2 Å². The molecule has 0 spiro atoms. The van der Waals surface area contributed by atoms with Crippen molar-refractivity contribution in [3.05, 3.63) is 129 Å². The van der Waals surface area contributed by atoms with Crippen molar-refractivity contribution < 1.29 is 18.0 Å². The lowest BCUT2D eigenvalue weighted by molar-refractivity contribution is -0.140. The number of carbonyl (C=O) groups excluding carboxylic acids is 2. The highest BCUT2D eigenvalue weighted by atomic mass is 35.5. The van der Waals surface area contributed by atoms with Gasteiger partial charge in [-0.1, -0.05) is 103 Å². The minimum atomic E-state index is -4.21. The molecule has 0 heterocycles. The molecule has 0 aliphatic rings. The van der Waals surface area contributed by atoms with E-state index in [1.165, 1.54) is 17.0 Å². The summed E-state index contributed by atoms with van der Waals surface area (Å²) in [6.07, 6.45) is 0.182. The van der Waals surface area contributed by atoms with Crippen molar-refractivity contribution >= 4 is 50.7 Å². The summed E-state index contributed by atoms with van der Waals surface area (Å²) in [6, 6.07) is 26.8. The van der Waals surface area contributed by atoms with Gasteiger partial charge in [-0.2, -0.15) is 0 Å². The molecule has 0 saturated heterocycles. The molecule has 4 aromatic rings. The Morgan fingerprint density at radius 3 is 1.94 bits per heavy atom. The maximum Gasteiger partial charge on any atom is 0.264 e. The summed E-state index contributed by atoms with van der Waals surface area (Å²) in [7, 11) is -4.21. The molecule has 4 rings (SSSR count). The molecular formula is C37H41Cl2N3O4S. The van der Waals surface area contributed by atoms with Crippen molar-refractivity contribution in [1.82, 2.24) is 10.2 Å². The van der Waals surface area contributed by atoms with Gasteiger partial charge in [0.25, 0.3) is 10.0 Å². The molecule has 0 aromatic heterocycles. The summed E-state index contributed by atoms with van der Waals surface area (Å²) in [5, 5.41) is 3.60. The Morgan fingerprint density at radius 1 is 0.787 bits per heavy atom. The number of halogens is 2. The van der Waals surface area contributed by atoms with Crippen LogP contribution in [0.25, 0.3) is 0 Å². The van der Waals surface area contributed by atoms with E-state index in [9.17, 15) is 18.0 Å². The fourth-order valence-corrected chi connectivity index (χ4v) is 7.11. The van der Waals surface area contributed by atoms with Crippen LogP contribution in [0.2, 0.25) is 10.0 Å². The Kier molecular flexibility index (Phi) is 12.1. The van der Waals surface area contributed by atoms with E-state index in [0.29, 0.717) is 21.3 Å². The minimum absolute atomic E-state index is 0.0444. The molecule has 7 nitrogen and oxygen atoms in total. The second-order valence-corrected chi connectivity index (χ2v) is 14.8. The summed E-state index contributed by atoms with van der Waals surface area (Å²) in [5.74, 6) is -0.749. The van der Waals surface area contributed by atoms with Gasteiger partial charge in [-0.05, 0) is 74.2 Å². The first kappa shape index (κ1) is 36.0. The number of anilines is 1. The second-order valence-electron chi connectivity index (χ2n) is 12.2. The Morgan fingerprint density at radius 2 is 1.38 bits per heavy atom. The zero-order valence-electron chi connectivity index (χ0n) is 27.3. The van der Waals surface area contributed by atoms with Crippen LogP contribution in [-0.4, -0.2) is 43.8 Å². The molecule has 0 bridgehead atoms. The number of hydrogen-bond acceptors (Lipinski definition) is 4. The predicted octanol–water partition coefficient (Wildman–Crippen LogP) is 7.79. The highest BCUT2D eigenvalue weighted by molar-refractivity contribution is 7.92. The highest BCUT2D eigenvalue weighted by Crippen LogP contribution is 2.30. The zero-order valence-corrected chi connectivity index (χ0v) is 29.6. The van der Waals surface area contributed by atoms with Crippen LogP contribution < -0.4 is 9.62 Å². The van der Waals surface area contributed by atoms with Crippen LogP contribution in [0.15, 0.2) is 102 Å². The number of carbonyl (C=O) groups is 2. The van der Waals surface area contributed by atoms with E-state index < -0.39 is 28.5 Å². The molecule has 10 heteroatoms. The van der Waals surface area contributed by atoms with Crippen LogP contribution in [0.5, 0.6) is 0 Å². The molecule has 1 atom stereocenters. The second kappa shape index (κ2) is 15.8. The van der Waals surface area contributed by atoms with Crippen molar-refractivity contribution in [2.75, 3.05) is 10.8 Å². The number of rotatable bonds is 13. The maximum atomic E-state index is 14.6. The summed E-state index contributed by atoms with van der Waals surface area (Å²) < 4.78 is 29.6. The SMILES string of the molecule is Cc1ccc(S(=O)(=O)N(CC(=O)N(Cc2c(Cl)cccc2Cl)[C@H](Cc2ccccc2)C(=O)NC(C)C)c2ccc(C(C)C)cc2)cc1. The molecule has 0 radical (unpaired) electrons. The number of nitrogens with zero attached hydrogens (tertiary/aromatic N) is 2. The number of aryl methyl sites for hydroxylation is 1. The number of nitrogens with one attached hydrogen (secondary N) is 1. The fraction of sp³-hybridized carbons (Fsp3) is 0.297. The van der Waals surface area contributed by atoms with Gasteiger partial charge in [-0.3, -0.25) is 13.9 Å². The third-order valence-corrected chi connectivity index (χ3v) is 10.3. The van der Waals surface area contributed by atoms with Crippen LogP contribution in [-0.2, 0) is 32.6 Å². The van der Waals surface area contributed by atoms with Crippen LogP contribution in [0.1, 0.15) is 55.9 Å². The molecular weight excluding hydrogens is 653 g/mol. The van der Waals surface area contributed by atoms with Crippen LogP contribution in [0.3, 0.4) is 0 Å². The largest absolute Gasteiger partial charge is 0.352 e. The zero-order chi connectivity index (χ0) is 34.3. The quantitative estimate of drug-likeness (QED) is 0.155. The van der Waals surface area contributed by atoms with Crippen LogP contribution in [0.4, 0.5) is 5.69 Å². The van der Waals surface area contributed by atoms with Gasteiger partial charge in [0.15, 0.2) is 0 Å². The molecule has 248 valence electrons. The molecule has 0 unspecified atom stereocenters. The molecule has 4 aromatic carbocycles. The van der Waals surface area contributed by atoms with Gasteiger partial charge in [0.2, 0.25) is 11.8 Å². The Labute approximate surface area is 288 Å². The number of benzene rings is 4. The standard InChI is InChI=1S/C37H41Cl2N3O4S/c1-25(2)29-16-18-30(19-17-29)42(47(45,46)31-20-14-27(5)15-21-31)24-36(43)41(23-32-33(38)12-9-13-34(32)39)35(37(44)40-26(3)4)22-28-10-7-6-8-11-28/h6-21,25-26,35H,22-24H2,1-5H3,(H,40,44)/t35-/m1/s1. The van der Waals surface area contributed by atoms with Gasteiger partial charge in [0, 0.05) is 34.6 Å². The first-order valence-electron chi connectivity index (χ1n) is 15.5. The van der Waals surface area contributed by atoms with Crippen LogP contribution >= 0.6 is 23.2 Å². The Hall–Kier alpha value is -3.85. The maximum absolute atomic E-state index is 14.6. The topological polar surface area (TPSA) is 86.8 Å². The minimum Gasteiger partial charge on any atom is -0.352 e. The monoisotopic (exact) mass is 693 g/mol. The van der Waals surface area contributed by atoms with E-state index in [1.54, 1.807) is 42.5 Å². The third kappa shape index (κ3) is 9.15. The molecule has 2 amide bonds. The molecule has 0 aliphatic heterocycles. The Bertz CT molecular complexity index is 1760. The van der Waals surface area contributed by atoms with Gasteiger partial charge in [0.05, 0.1) is 10.6 Å². The smallest absolute Gasteiger partial charge is 0.264 e. The van der Waals surface area contributed by atoms with Gasteiger partial charge < -0.3 is 10.2 Å². The van der Waals surface area contributed by atoms with E-state index in [2.05, 4.69) is 5.32 Å². The fourth-order valence-electron chi connectivity index (χ4n) is 5.18. The van der Waals surface area contributed by atoms with E-state index in [1.807, 2.05) is 77.1 Å². The lowest BCUT2D eigenvalue weighted by Crippen LogP contribution is -2.54. The van der Waals surface area contributed by atoms with Crippen LogP contribution in [0, 0.1) is 6.92 Å². The average molecular weight is 695 g/mol. The normalized spacial score (nSPS) is 12.2. The van der Waals surface area contributed by atoms with Crippen molar-refractivity contribution in [2.45, 2.75) is 70.5 Å². The summed E-state index contributed by atoms with van der Waals surface area (Å²) in [4.78, 5) is 29.9. The van der Waals surface area contributed by atoms with Gasteiger partial charge in [-0.25, -0.2) is 8.42 Å².